The van der Waals surface area contributed by atoms with E-state index in [0.717, 1.165) is 32.2 Å². The molecule has 0 radical (unpaired) electrons. The van der Waals surface area contributed by atoms with E-state index in [-0.39, 0.29) is 5.78 Å². The lowest BCUT2D eigenvalue weighted by Gasteiger charge is -2.01. The van der Waals surface area contributed by atoms with Crippen LogP contribution in [0.5, 0.6) is 0 Å². The third-order valence-electron chi connectivity index (χ3n) is 3.61. The zero-order valence-electron chi connectivity index (χ0n) is 12.5. The van der Waals surface area contributed by atoms with Gasteiger partial charge in [-0.25, -0.2) is 0 Å². The van der Waals surface area contributed by atoms with Gasteiger partial charge in [-0.2, -0.15) is 0 Å². The molecule has 0 saturated carbocycles. The van der Waals surface area contributed by atoms with Crippen LogP contribution in [0.1, 0.15) is 18.1 Å². The lowest BCUT2D eigenvalue weighted by atomic mass is 10.0. The highest BCUT2D eigenvalue weighted by atomic mass is 79.9. The number of carbonyl (C=O) groups is 1. The second-order valence-electron chi connectivity index (χ2n) is 5.41. The average Bonchev–Trinajstić information content (AvgIpc) is 2.83. The monoisotopic (exact) mass is 353 g/mol. The molecule has 2 nitrogen and oxygen atoms in total. The Morgan fingerprint density at radius 2 is 1.86 bits per heavy atom. The molecule has 1 aromatic heterocycles. The van der Waals surface area contributed by atoms with Gasteiger partial charge in [-0.05, 0) is 55.3 Å². The van der Waals surface area contributed by atoms with Crippen molar-refractivity contribution in [3.8, 4) is 11.3 Å². The highest BCUT2D eigenvalue weighted by Gasteiger charge is 2.11. The summed E-state index contributed by atoms with van der Waals surface area (Å²) in [5.41, 5.74) is 5.47. The number of fused-ring (bicyclic) bond motifs is 1. The van der Waals surface area contributed by atoms with Crippen LogP contribution in [0, 0.1) is 6.92 Å². The van der Waals surface area contributed by atoms with Crippen molar-refractivity contribution in [3.63, 3.8) is 0 Å². The topological polar surface area (TPSA) is 32.9 Å². The summed E-state index contributed by atoms with van der Waals surface area (Å²) >= 11 is 3.46. The molecule has 3 heteroatoms. The second-order valence-corrected chi connectivity index (χ2v) is 6.33. The van der Waals surface area contributed by atoms with Gasteiger partial charge in [-0.15, -0.1) is 0 Å². The first kappa shape index (κ1) is 14.8. The largest absolute Gasteiger partial charge is 0.354 e. The Morgan fingerprint density at radius 1 is 1.14 bits per heavy atom. The minimum atomic E-state index is 0.0446. The third-order valence-corrected chi connectivity index (χ3v) is 4.14. The predicted molar refractivity (Wildman–Crippen MR) is 95.9 cm³/mol. The molecule has 0 spiro atoms. The number of allylic oxidation sites excluding steroid dienone is 1. The normalized spacial score (nSPS) is 11.4. The number of rotatable bonds is 3. The molecule has 0 bridgehead atoms. The molecule has 0 aliphatic carbocycles. The molecule has 2 aromatic carbocycles. The van der Waals surface area contributed by atoms with Crippen molar-refractivity contribution >= 4 is 38.7 Å². The molecule has 3 aromatic rings. The fourth-order valence-corrected chi connectivity index (χ4v) is 2.82. The highest BCUT2D eigenvalue weighted by Crippen LogP contribution is 2.32. The van der Waals surface area contributed by atoms with Crippen LogP contribution in [0.4, 0.5) is 0 Å². The van der Waals surface area contributed by atoms with Crippen molar-refractivity contribution in [3.05, 3.63) is 64.1 Å². The molecule has 0 amide bonds. The Labute approximate surface area is 138 Å². The van der Waals surface area contributed by atoms with Crippen LogP contribution in [-0.4, -0.2) is 10.8 Å². The summed E-state index contributed by atoms with van der Waals surface area (Å²) in [6, 6.07) is 14.5. The maximum absolute atomic E-state index is 11.3. The first-order valence-corrected chi connectivity index (χ1v) is 7.91. The summed E-state index contributed by atoms with van der Waals surface area (Å²) in [5.74, 6) is 0.0446. The molecule has 1 heterocycles. The van der Waals surface area contributed by atoms with Gasteiger partial charge in [-0.3, -0.25) is 4.79 Å². The van der Waals surface area contributed by atoms with E-state index >= 15 is 0 Å². The van der Waals surface area contributed by atoms with Crippen LogP contribution in [0.2, 0.25) is 0 Å². The van der Waals surface area contributed by atoms with Crippen LogP contribution < -0.4 is 0 Å². The van der Waals surface area contributed by atoms with E-state index in [1.807, 2.05) is 18.2 Å². The van der Waals surface area contributed by atoms with E-state index in [1.165, 1.54) is 5.56 Å². The maximum Gasteiger partial charge on any atom is 0.152 e. The fraction of sp³-hybridized carbons (Fsp3) is 0.105. The molecule has 0 saturated heterocycles. The zero-order valence-corrected chi connectivity index (χ0v) is 14.1. The molecule has 0 unspecified atom stereocenters. The van der Waals surface area contributed by atoms with Gasteiger partial charge in [0.2, 0.25) is 0 Å². The molecule has 1 N–H and O–H groups in total. The van der Waals surface area contributed by atoms with E-state index < -0.39 is 0 Å². The summed E-state index contributed by atoms with van der Waals surface area (Å²) < 4.78 is 1.05. The number of ketones is 1. The van der Waals surface area contributed by atoms with Gasteiger partial charge in [0.1, 0.15) is 0 Å². The van der Waals surface area contributed by atoms with E-state index in [4.69, 9.17) is 0 Å². The van der Waals surface area contributed by atoms with Gasteiger partial charge in [0.05, 0.1) is 5.69 Å². The van der Waals surface area contributed by atoms with Gasteiger partial charge >= 0.3 is 0 Å². The summed E-state index contributed by atoms with van der Waals surface area (Å²) in [7, 11) is 0. The number of aryl methyl sites for hydroxylation is 1. The van der Waals surface area contributed by atoms with Crippen molar-refractivity contribution in [1.29, 1.82) is 0 Å². The van der Waals surface area contributed by atoms with Crippen LogP contribution in [0.25, 0.3) is 28.2 Å². The van der Waals surface area contributed by atoms with Crippen molar-refractivity contribution in [2.45, 2.75) is 13.8 Å². The summed E-state index contributed by atoms with van der Waals surface area (Å²) in [6.45, 7) is 3.64. The Morgan fingerprint density at radius 3 is 2.55 bits per heavy atom. The second kappa shape index (κ2) is 5.93. The first-order valence-electron chi connectivity index (χ1n) is 7.11. The predicted octanol–water partition coefficient (Wildman–Crippen LogP) is 5.51. The van der Waals surface area contributed by atoms with E-state index in [9.17, 15) is 4.79 Å². The number of carbonyl (C=O) groups excluding carboxylic acids is 1. The van der Waals surface area contributed by atoms with Gasteiger partial charge in [0.25, 0.3) is 0 Å². The highest BCUT2D eigenvalue weighted by molar-refractivity contribution is 9.10. The number of hydrogen-bond acceptors (Lipinski definition) is 1. The quantitative estimate of drug-likeness (QED) is 0.618. The first-order chi connectivity index (χ1) is 10.5. The number of benzene rings is 2. The Balaban J connectivity index is 2.25. The molecule has 0 aliphatic heterocycles. The maximum atomic E-state index is 11.3. The van der Waals surface area contributed by atoms with Crippen LogP contribution in [0.15, 0.2) is 53.0 Å². The molecule has 22 heavy (non-hydrogen) atoms. The standard InChI is InChI=1S/C19H16BrNO/c1-12-3-9-16-17(10-4-13(2)22)19(21-18(16)11-12)14-5-7-15(20)8-6-14/h3-11,21H,1-2H3/b10-4+. The third kappa shape index (κ3) is 2.90. The van der Waals surface area contributed by atoms with Gasteiger partial charge in [0.15, 0.2) is 5.78 Å². The molecular formula is C19H16BrNO. The van der Waals surface area contributed by atoms with Crippen molar-refractivity contribution in [1.82, 2.24) is 4.98 Å². The van der Waals surface area contributed by atoms with Gasteiger partial charge in [0, 0.05) is 20.9 Å². The smallest absolute Gasteiger partial charge is 0.152 e. The number of aromatic nitrogens is 1. The lowest BCUT2D eigenvalue weighted by molar-refractivity contribution is -0.112. The van der Waals surface area contributed by atoms with Crippen molar-refractivity contribution in [2.75, 3.05) is 0 Å². The summed E-state index contributed by atoms with van der Waals surface area (Å²) in [5, 5.41) is 1.13. The van der Waals surface area contributed by atoms with Crippen molar-refractivity contribution in [2.24, 2.45) is 0 Å². The Kier molecular flexibility index (Phi) is 3.99. The Bertz CT molecular complexity index is 872. The molecular weight excluding hydrogens is 338 g/mol. The lowest BCUT2D eigenvalue weighted by Crippen LogP contribution is -1.83. The number of nitrogens with one attached hydrogen (secondary N) is 1. The molecule has 0 atom stereocenters. The minimum absolute atomic E-state index is 0.0446. The van der Waals surface area contributed by atoms with Crippen molar-refractivity contribution < 1.29 is 4.79 Å². The van der Waals surface area contributed by atoms with Crippen LogP contribution >= 0.6 is 15.9 Å². The van der Waals surface area contributed by atoms with E-state index in [2.05, 4.69) is 58.2 Å². The zero-order chi connectivity index (χ0) is 15.7. The average molecular weight is 354 g/mol. The number of aromatic amines is 1. The SMILES string of the molecule is CC(=O)/C=C/c1c(-c2ccc(Br)cc2)[nH]c2cc(C)ccc12. The van der Waals surface area contributed by atoms with Gasteiger partial charge < -0.3 is 4.98 Å². The number of H-pyrrole nitrogens is 1. The molecule has 3 rings (SSSR count). The molecule has 110 valence electrons. The Hall–Kier alpha value is -2.13. The summed E-state index contributed by atoms with van der Waals surface area (Å²) in [6.07, 6.45) is 3.51. The molecule has 0 aliphatic rings. The van der Waals surface area contributed by atoms with E-state index in [0.29, 0.717) is 0 Å². The van der Waals surface area contributed by atoms with Gasteiger partial charge in [-0.1, -0.05) is 40.2 Å². The number of halogens is 1. The summed E-state index contributed by atoms with van der Waals surface area (Å²) in [4.78, 5) is 14.8. The minimum Gasteiger partial charge on any atom is -0.354 e. The van der Waals surface area contributed by atoms with Crippen LogP contribution in [-0.2, 0) is 4.79 Å². The van der Waals surface area contributed by atoms with Crippen LogP contribution in [0.3, 0.4) is 0 Å². The van der Waals surface area contributed by atoms with E-state index in [1.54, 1.807) is 13.0 Å². The fourth-order valence-electron chi connectivity index (χ4n) is 2.55. The molecule has 0 fully saturated rings. The number of hydrogen-bond donors (Lipinski definition) is 1.